The van der Waals surface area contributed by atoms with Gasteiger partial charge in [-0.25, -0.2) is 18.5 Å². The maximum atomic E-state index is 12.1. The number of amides is 1. The largest absolute Gasteiger partial charge is 0.298 e. The van der Waals surface area contributed by atoms with E-state index in [2.05, 4.69) is 26.2 Å². The minimum absolute atomic E-state index is 0.124. The van der Waals surface area contributed by atoms with Crippen LogP contribution in [0, 0.1) is 6.92 Å². The SMILES string of the molecule is Cc1cnc(NC(=O)c2cc(S(N)(=O)=O)ccc2Br)s1. The van der Waals surface area contributed by atoms with Crippen molar-refractivity contribution in [1.29, 1.82) is 0 Å². The van der Waals surface area contributed by atoms with Crippen LogP contribution in [0.2, 0.25) is 0 Å². The molecule has 0 aliphatic carbocycles. The molecule has 0 spiro atoms. The highest BCUT2D eigenvalue weighted by Crippen LogP contribution is 2.23. The Bertz CT molecular complexity index is 771. The average molecular weight is 376 g/mol. The number of hydrogen-bond acceptors (Lipinski definition) is 5. The maximum Gasteiger partial charge on any atom is 0.258 e. The summed E-state index contributed by atoms with van der Waals surface area (Å²) in [6.07, 6.45) is 1.64. The van der Waals surface area contributed by atoms with E-state index >= 15 is 0 Å². The first kappa shape index (κ1) is 15.1. The van der Waals surface area contributed by atoms with Crippen molar-refractivity contribution >= 4 is 48.3 Å². The first-order valence-electron chi connectivity index (χ1n) is 5.33. The summed E-state index contributed by atoms with van der Waals surface area (Å²) in [5.74, 6) is -0.461. The predicted molar refractivity (Wildman–Crippen MR) is 80.3 cm³/mol. The van der Waals surface area contributed by atoms with Gasteiger partial charge < -0.3 is 0 Å². The van der Waals surface area contributed by atoms with Gasteiger partial charge in [-0.05, 0) is 41.1 Å². The smallest absolute Gasteiger partial charge is 0.258 e. The average Bonchev–Trinajstić information content (AvgIpc) is 2.73. The van der Waals surface area contributed by atoms with Crippen molar-refractivity contribution in [3.05, 3.63) is 39.3 Å². The lowest BCUT2D eigenvalue weighted by molar-refractivity contribution is 0.102. The van der Waals surface area contributed by atoms with E-state index in [4.69, 9.17) is 5.14 Å². The summed E-state index contributed by atoms with van der Waals surface area (Å²) in [6, 6.07) is 4.00. The van der Waals surface area contributed by atoms with Crippen LogP contribution < -0.4 is 10.5 Å². The molecule has 0 fully saturated rings. The van der Waals surface area contributed by atoms with E-state index in [9.17, 15) is 13.2 Å². The Morgan fingerprint density at radius 1 is 1.45 bits per heavy atom. The number of hydrogen-bond donors (Lipinski definition) is 2. The Morgan fingerprint density at radius 2 is 2.15 bits per heavy atom. The van der Waals surface area contributed by atoms with Gasteiger partial charge in [-0.1, -0.05) is 0 Å². The number of nitrogens with zero attached hydrogens (tertiary/aromatic N) is 1. The Balaban J connectivity index is 2.34. The van der Waals surface area contributed by atoms with Crippen molar-refractivity contribution in [2.75, 3.05) is 5.32 Å². The monoisotopic (exact) mass is 375 g/mol. The van der Waals surface area contributed by atoms with E-state index in [0.29, 0.717) is 9.60 Å². The predicted octanol–water partition coefficient (Wildman–Crippen LogP) is 2.11. The minimum atomic E-state index is -3.86. The summed E-state index contributed by atoms with van der Waals surface area (Å²) in [5, 5.41) is 8.09. The number of primary sulfonamides is 1. The molecule has 2 rings (SSSR count). The molecule has 0 aliphatic rings. The first-order chi connectivity index (χ1) is 9.27. The van der Waals surface area contributed by atoms with E-state index in [-0.39, 0.29) is 10.5 Å². The summed E-state index contributed by atoms with van der Waals surface area (Å²) in [7, 11) is -3.86. The number of rotatable bonds is 3. The number of anilines is 1. The zero-order valence-corrected chi connectivity index (χ0v) is 13.5. The normalized spacial score (nSPS) is 11.3. The maximum absolute atomic E-state index is 12.1. The summed E-state index contributed by atoms with van der Waals surface area (Å²) in [4.78, 5) is 17.0. The molecule has 0 atom stereocenters. The van der Waals surface area contributed by atoms with Crippen LogP contribution in [-0.2, 0) is 10.0 Å². The van der Waals surface area contributed by atoms with Gasteiger partial charge in [-0.2, -0.15) is 0 Å². The van der Waals surface area contributed by atoms with Crippen molar-refractivity contribution in [3.63, 3.8) is 0 Å². The Labute approximate surface area is 128 Å². The van der Waals surface area contributed by atoms with Gasteiger partial charge >= 0.3 is 0 Å². The molecule has 6 nitrogen and oxygen atoms in total. The van der Waals surface area contributed by atoms with Crippen molar-refractivity contribution in [2.24, 2.45) is 5.14 Å². The molecule has 1 heterocycles. The number of nitrogens with two attached hydrogens (primary N) is 1. The molecule has 0 bridgehead atoms. The number of carbonyl (C=O) groups excluding carboxylic acids is 1. The summed E-state index contributed by atoms with van der Waals surface area (Å²) in [5.41, 5.74) is 0.171. The van der Waals surface area contributed by atoms with Crippen LogP contribution in [0.4, 0.5) is 5.13 Å². The Morgan fingerprint density at radius 3 is 2.70 bits per heavy atom. The molecule has 1 aromatic carbocycles. The number of sulfonamides is 1. The number of carbonyl (C=O) groups is 1. The van der Waals surface area contributed by atoms with E-state index in [1.54, 1.807) is 6.20 Å². The standard InChI is InChI=1S/C11H10BrN3O3S2/c1-6-5-14-11(19-6)15-10(16)8-4-7(20(13,17)18)2-3-9(8)12/h2-5H,1H3,(H2,13,17,18)(H,14,15,16). The summed E-state index contributed by atoms with van der Waals surface area (Å²) < 4.78 is 23.1. The van der Waals surface area contributed by atoms with Crippen molar-refractivity contribution in [2.45, 2.75) is 11.8 Å². The highest BCUT2D eigenvalue weighted by Gasteiger charge is 2.16. The third-order valence-electron chi connectivity index (χ3n) is 2.35. The lowest BCUT2D eigenvalue weighted by atomic mass is 10.2. The number of nitrogens with one attached hydrogen (secondary N) is 1. The molecule has 9 heteroatoms. The quantitative estimate of drug-likeness (QED) is 0.857. The first-order valence-corrected chi connectivity index (χ1v) is 8.49. The number of benzene rings is 1. The third-order valence-corrected chi connectivity index (χ3v) is 4.78. The van der Waals surface area contributed by atoms with Crippen LogP contribution >= 0.6 is 27.3 Å². The van der Waals surface area contributed by atoms with Crippen LogP contribution in [0.25, 0.3) is 0 Å². The molecule has 20 heavy (non-hydrogen) atoms. The molecule has 0 saturated carbocycles. The van der Waals surface area contributed by atoms with Crippen LogP contribution in [0.5, 0.6) is 0 Å². The highest BCUT2D eigenvalue weighted by atomic mass is 79.9. The zero-order valence-electron chi connectivity index (χ0n) is 10.3. The van der Waals surface area contributed by atoms with Crippen LogP contribution in [0.1, 0.15) is 15.2 Å². The number of aromatic nitrogens is 1. The fourth-order valence-electron chi connectivity index (χ4n) is 1.43. The topological polar surface area (TPSA) is 102 Å². The number of halogens is 1. The lowest BCUT2D eigenvalue weighted by Crippen LogP contribution is -2.16. The molecule has 0 aliphatic heterocycles. The Kier molecular flexibility index (Phi) is 4.23. The molecule has 1 amide bonds. The van der Waals surface area contributed by atoms with Crippen LogP contribution in [0.3, 0.4) is 0 Å². The lowest BCUT2D eigenvalue weighted by Gasteiger charge is -2.06. The molecule has 0 unspecified atom stereocenters. The summed E-state index contributed by atoms with van der Waals surface area (Å²) >= 11 is 4.53. The van der Waals surface area contributed by atoms with Gasteiger partial charge in [0.15, 0.2) is 5.13 Å². The fourth-order valence-corrected chi connectivity index (χ4v) is 3.06. The second-order valence-corrected chi connectivity index (χ2v) is 7.57. The van der Waals surface area contributed by atoms with Crippen LogP contribution in [0.15, 0.2) is 33.8 Å². The van der Waals surface area contributed by atoms with E-state index in [1.165, 1.54) is 29.5 Å². The second-order valence-electron chi connectivity index (χ2n) is 3.92. The molecule has 106 valence electrons. The van der Waals surface area contributed by atoms with Crippen LogP contribution in [-0.4, -0.2) is 19.3 Å². The second kappa shape index (κ2) is 5.60. The third kappa shape index (κ3) is 3.42. The van der Waals surface area contributed by atoms with E-state index < -0.39 is 15.9 Å². The number of thiazole rings is 1. The Hall–Kier alpha value is -1.29. The van der Waals surface area contributed by atoms with E-state index in [1.807, 2.05) is 6.92 Å². The zero-order chi connectivity index (χ0) is 14.9. The van der Waals surface area contributed by atoms with E-state index in [0.717, 1.165) is 4.88 Å². The fraction of sp³-hybridized carbons (Fsp3) is 0.0909. The van der Waals surface area contributed by atoms with Gasteiger partial charge in [0.1, 0.15) is 0 Å². The minimum Gasteiger partial charge on any atom is -0.298 e. The summed E-state index contributed by atoms with van der Waals surface area (Å²) in [6.45, 7) is 1.87. The molecular formula is C11H10BrN3O3S2. The number of aryl methyl sites for hydroxylation is 1. The van der Waals surface area contributed by atoms with Gasteiger partial charge in [0.05, 0.1) is 10.5 Å². The molecule has 3 N–H and O–H groups in total. The van der Waals surface area contributed by atoms with Crippen molar-refractivity contribution in [3.8, 4) is 0 Å². The van der Waals surface area contributed by atoms with Gasteiger partial charge in [0, 0.05) is 15.5 Å². The molecule has 0 radical (unpaired) electrons. The van der Waals surface area contributed by atoms with Gasteiger partial charge in [-0.15, -0.1) is 11.3 Å². The van der Waals surface area contributed by atoms with Gasteiger partial charge in [-0.3, -0.25) is 10.1 Å². The van der Waals surface area contributed by atoms with Crippen molar-refractivity contribution < 1.29 is 13.2 Å². The highest BCUT2D eigenvalue weighted by molar-refractivity contribution is 9.10. The van der Waals surface area contributed by atoms with Gasteiger partial charge in [0.25, 0.3) is 5.91 Å². The molecule has 0 saturated heterocycles. The molecular weight excluding hydrogens is 366 g/mol. The van der Waals surface area contributed by atoms with Crippen molar-refractivity contribution in [1.82, 2.24) is 4.98 Å². The van der Waals surface area contributed by atoms with Gasteiger partial charge in [0.2, 0.25) is 10.0 Å². The molecule has 2 aromatic rings. The molecule has 1 aromatic heterocycles.